The molecule has 128 valence electrons. The number of hydrogen-bond donors (Lipinski definition) is 0. The first-order chi connectivity index (χ1) is 11.1. The lowest BCUT2D eigenvalue weighted by molar-refractivity contribution is 0.229. The SMILES string of the molecule is CC(C)(C)CC(c1ccc(N=Nc2ccccc2)cc1)C(C)(C)C. The molecule has 0 aliphatic rings. The van der Waals surface area contributed by atoms with E-state index in [9.17, 15) is 0 Å². The lowest BCUT2D eigenvalue weighted by Crippen LogP contribution is -2.23. The summed E-state index contributed by atoms with van der Waals surface area (Å²) in [5.41, 5.74) is 3.70. The number of nitrogens with zero attached hydrogens (tertiary/aromatic N) is 2. The van der Waals surface area contributed by atoms with Gasteiger partial charge in [-0.1, -0.05) is 71.9 Å². The fourth-order valence-corrected chi connectivity index (χ4v) is 2.92. The second-order valence-corrected chi connectivity index (χ2v) is 8.81. The van der Waals surface area contributed by atoms with Crippen LogP contribution in [0, 0.1) is 10.8 Å². The van der Waals surface area contributed by atoms with Gasteiger partial charge in [-0.25, -0.2) is 0 Å². The monoisotopic (exact) mass is 322 g/mol. The smallest absolute Gasteiger partial charge is 0.0857 e. The van der Waals surface area contributed by atoms with Crippen LogP contribution in [0.2, 0.25) is 0 Å². The van der Waals surface area contributed by atoms with E-state index >= 15 is 0 Å². The minimum atomic E-state index is 0.236. The molecule has 0 N–H and O–H groups in total. The molecule has 0 bridgehead atoms. The van der Waals surface area contributed by atoms with Gasteiger partial charge in [0.25, 0.3) is 0 Å². The van der Waals surface area contributed by atoms with Crippen molar-refractivity contribution in [1.29, 1.82) is 0 Å². The lowest BCUT2D eigenvalue weighted by atomic mass is 9.69. The second-order valence-electron chi connectivity index (χ2n) is 8.81. The molecular weight excluding hydrogens is 292 g/mol. The van der Waals surface area contributed by atoms with E-state index < -0.39 is 0 Å². The highest BCUT2D eigenvalue weighted by Gasteiger charge is 2.30. The molecule has 24 heavy (non-hydrogen) atoms. The Bertz CT molecular complexity index is 656. The molecule has 2 aromatic rings. The van der Waals surface area contributed by atoms with E-state index in [2.05, 4.69) is 76.0 Å². The van der Waals surface area contributed by atoms with Gasteiger partial charge >= 0.3 is 0 Å². The van der Waals surface area contributed by atoms with Crippen molar-refractivity contribution < 1.29 is 0 Å². The molecule has 0 heterocycles. The van der Waals surface area contributed by atoms with Crippen molar-refractivity contribution >= 4 is 11.4 Å². The van der Waals surface area contributed by atoms with E-state index in [1.807, 2.05) is 30.3 Å². The van der Waals surface area contributed by atoms with Crippen LogP contribution in [0.5, 0.6) is 0 Å². The van der Waals surface area contributed by atoms with E-state index in [0.29, 0.717) is 11.3 Å². The van der Waals surface area contributed by atoms with Gasteiger partial charge in [0.2, 0.25) is 0 Å². The van der Waals surface area contributed by atoms with E-state index in [0.717, 1.165) is 11.4 Å². The second kappa shape index (κ2) is 7.29. The molecule has 0 amide bonds. The molecule has 0 spiro atoms. The molecule has 0 aromatic heterocycles. The summed E-state index contributed by atoms with van der Waals surface area (Å²) in [6.07, 6.45) is 1.17. The minimum Gasteiger partial charge on any atom is -0.151 e. The van der Waals surface area contributed by atoms with Crippen molar-refractivity contribution in [2.24, 2.45) is 21.1 Å². The largest absolute Gasteiger partial charge is 0.151 e. The molecule has 0 aliphatic heterocycles. The van der Waals surface area contributed by atoms with Crippen molar-refractivity contribution in [2.45, 2.75) is 53.9 Å². The van der Waals surface area contributed by atoms with Crippen LogP contribution in [0.1, 0.15) is 59.4 Å². The summed E-state index contributed by atoms with van der Waals surface area (Å²) >= 11 is 0. The summed E-state index contributed by atoms with van der Waals surface area (Å²) in [7, 11) is 0. The van der Waals surface area contributed by atoms with Crippen molar-refractivity contribution in [2.75, 3.05) is 0 Å². The summed E-state index contributed by atoms with van der Waals surface area (Å²) in [5.74, 6) is 0.526. The summed E-state index contributed by atoms with van der Waals surface area (Å²) in [5, 5.41) is 8.62. The Balaban J connectivity index is 2.18. The predicted octanol–water partition coefficient (Wildman–Crippen LogP) is 7.67. The van der Waals surface area contributed by atoms with Crippen molar-refractivity contribution in [1.82, 2.24) is 0 Å². The highest BCUT2D eigenvalue weighted by Crippen LogP contribution is 2.43. The van der Waals surface area contributed by atoms with Crippen molar-refractivity contribution in [3.8, 4) is 0 Å². The number of benzene rings is 2. The van der Waals surface area contributed by atoms with Gasteiger partial charge in [-0.05, 0) is 53.0 Å². The van der Waals surface area contributed by atoms with Crippen LogP contribution >= 0.6 is 0 Å². The quantitative estimate of drug-likeness (QED) is 0.516. The summed E-state index contributed by atoms with van der Waals surface area (Å²) in [4.78, 5) is 0. The maximum Gasteiger partial charge on any atom is 0.0857 e. The minimum absolute atomic E-state index is 0.236. The molecule has 0 fully saturated rings. The fraction of sp³-hybridized carbons (Fsp3) is 0.455. The number of rotatable bonds is 4. The van der Waals surface area contributed by atoms with Crippen LogP contribution in [0.25, 0.3) is 0 Å². The van der Waals surface area contributed by atoms with E-state index in [4.69, 9.17) is 0 Å². The van der Waals surface area contributed by atoms with Gasteiger partial charge in [-0.15, -0.1) is 0 Å². The Kier molecular flexibility index (Phi) is 5.58. The van der Waals surface area contributed by atoms with Crippen LogP contribution in [0.3, 0.4) is 0 Å². The molecule has 2 rings (SSSR count). The Morgan fingerprint density at radius 2 is 1.21 bits per heavy atom. The first-order valence-electron chi connectivity index (χ1n) is 8.72. The van der Waals surface area contributed by atoms with Crippen LogP contribution in [0.15, 0.2) is 64.8 Å². The van der Waals surface area contributed by atoms with Crippen molar-refractivity contribution in [3.05, 3.63) is 60.2 Å². The Morgan fingerprint density at radius 1 is 0.708 bits per heavy atom. The Labute approximate surface area is 147 Å². The predicted molar refractivity (Wildman–Crippen MR) is 103 cm³/mol. The molecule has 1 atom stereocenters. The van der Waals surface area contributed by atoms with Gasteiger partial charge in [-0.2, -0.15) is 10.2 Å². The highest BCUT2D eigenvalue weighted by atomic mass is 15.1. The van der Waals surface area contributed by atoms with Gasteiger partial charge in [-0.3, -0.25) is 0 Å². The van der Waals surface area contributed by atoms with Gasteiger partial charge in [0.15, 0.2) is 0 Å². The maximum absolute atomic E-state index is 4.34. The molecule has 0 aliphatic carbocycles. The summed E-state index contributed by atoms with van der Waals surface area (Å²) < 4.78 is 0. The van der Waals surface area contributed by atoms with Crippen molar-refractivity contribution in [3.63, 3.8) is 0 Å². The van der Waals surface area contributed by atoms with Crippen LogP contribution < -0.4 is 0 Å². The first kappa shape index (κ1) is 18.4. The van der Waals surface area contributed by atoms with Crippen LogP contribution in [-0.2, 0) is 0 Å². The third kappa shape index (κ3) is 5.59. The first-order valence-corrected chi connectivity index (χ1v) is 8.72. The summed E-state index contributed by atoms with van der Waals surface area (Å²) in [6.45, 7) is 13.9. The molecule has 1 unspecified atom stereocenters. The molecular formula is C22H30N2. The molecule has 0 radical (unpaired) electrons. The van der Waals surface area contributed by atoms with Gasteiger partial charge in [0.05, 0.1) is 11.4 Å². The van der Waals surface area contributed by atoms with Crippen LogP contribution in [-0.4, -0.2) is 0 Å². The van der Waals surface area contributed by atoms with E-state index in [-0.39, 0.29) is 5.41 Å². The molecule has 2 nitrogen and oxygen atoms in total. The Morgan fingerprint density at radius 3 is 1.67 bits per heavy atom. The molecule has 2 heteroatoms. The van der Waals surface area contributed by atoms with Gasteiger partial charge < -0.3 is 0 Å². The zero-order valence-corrected chi connectivity index (χ0v) is 15.9. The zero-order valence-electron chi connectivity index (χ0n) is 15.9. The highest BCUT2D eigenvalue weighted by molar-refractivity contribution is 5.42. The molecule has 0 saturated carbocycles. The zero-order chi connectivity index (χ0) is 17.8. The molecule has 0 saturated heterocycles. The third-order valence-electron chi connectivity index (χ3n) is 4.19. The van der Waals surface area contributed by atoms with E-state index in [1.54, 1.807) is 0 Å². The van der Waals surface area contributed by atoms with Crippen LogP contribution in [0.4, 0.5) is 11.4 Å². The Hall–Kier alpha value is -1.96. The van der Waals surface area contributed by atoms with E-state index in [1.165, 1.54) is 12.0 Å². The van der Waals surface area contributed by atoms with Gasteiger partial charge in [0.1, 0.15) is 0 Å². The third-order valence-corrected chi connectivity index (χ3v) is 4.19. The lowest BCUT2D eigenvalue weighted by Gasteiger charge is -2.36. The number of azo groups is 1. The maximum atomic E-state index is 4.34. The normalized spacial score (nSPS) is 14.1. The topological polar surface area (TPSA) is 24.7 Å². The number of hydrogen-bond acceptors (Lipinski definition) is 2. The average molecular weight is 322 g/mol. The molecule has 2 aromatic carbocycles. The van der Waals surface area contributed by atoms with Gasteiger partial charge in [0, 0.05) is 0 Å². The fourth-order valence-electron chi connectivity index (χ4n) is 2.92. The average Bonchev–Trinajstić information content (AvgIpc) is 2.50. The summed E-state index contributed by atoms with van der Waals surface area (Å²) in [6, 6.07) is 18.4. The standard InChI is InChI=1S/C22H30N2/c1-21(2,3)16-20(22(4,5)6)17-12-14-19(15-13-17)24-23-18-10-8-7-9-11-18/h7-15,20H,16H2,1-6H3.